The lowest BCUT2D eigenvalue weighted by molar-refractivity contribution is 0.0655. The number of guanidine groups is 1. The van der Waals surface area contributed by atoms with Crippen LogP contribution in [-0.2, 0) is 12.1 Å². The van der Waals surface area contributed by atoms with Crippen LogP contribution >= 0.6 is 35.3 Å². The number of aliphatic imine (C=N–C) groups is 1. The molecule has 3 N–H and O–H groups in total. The van der Waals surface area contributed by atoms with E-state index >= 15 is 0 Å². The first-order valence-corrected chi connectivity index (χ1v) is 11.0. The van der Waals surface area contributed by atoms with E-state index in [1.165, 1.54) is 11.3 Å². The normalized spacial score (nSPS) is 13.2. The summed E-state index contributed by atoms with van der Waals surface area (Å²) in [7, 11) is 0. The highest BCUT2D eigenvalue weighted by molar-refractivity contribution is 14.0. The molecule has 30 heavy (non-hydrogen) atoms. The first-order chi connectivity index (χ1) is 13.9. The number of rotatable bonds is 9. The van der Waals surface area contributed by atoms with Crippen molar-refractivity contribution in [3.8, 4) is 0 Å². The molecule has 8 heteroatoms. The van der Waals surface area contributed by atoms with Crippen molar-refractivity contribution in [1.82, 2.24) is 15.5 Å². The molecule has 2 rings (SSSR count). The minimum absolute atomic E-state index is 0. The molecule has 0 aliphatic rings. The molecule has 0 fully saturated rings. The lowest BCUT2D eigenvalue weighted by Crippen LogP contribution is -2.44. The van der Waals surface area contributed by atoms with Crippen LogP contribution in [-0.4, -0.2) is 48.1 Å². The quantitative estimate of drug-likeness (QED) is 0.255. The molecule has 1 atom stereocenters. The first kappa shape index (κ1) is 26.4. The Labute approximate surface area is 200 Å². The molecule has 1 unspecified atom stereocenters. The van der Waals surface area contributed by atoms with E-state index in [4.69, 9.17) is 0 Å². The van der Waals surface area contributed by atoms with Crippen LogP contribution in [0.5, 0.6) is 0 Å². The summed E-state index contributed by atoms with van der Waals surface area (Å²) >= 11 is 1.53. The number of carbonyl (C=O) groups is 1. The molecule has 166 valence electrons. The second-order valence-electron chi connectivity index (χ2n) is 6.97. The summed E-state index contributed by atoms with van der Waals surface area (Å²) < 4.78 is 0. The zero-order valence-electron chi connectivity index (χ0n) is 18.1. The van der Waals surface area contributed by atoms with Crippen LogP contribution in [0.2, 0.25) is 0 Å². The van der Waals surface area contributed by atoms with E-state index in [0.717, 1.165) is 17.0 Å². The molecular weight excluding hydrogens is 511 g/mol. The van der Waals surface area contributed by atoms with Crippen LogP contribution in [0.15, 0.2) is 46.8 Å². The highest BCUT2D eigenvalue weighted by Gasteiger charge is 2.24. The Hall–Kier alpha value is -1.65. The van der Waals surface area contributed by atoms with Gasteiger partial charge in [-0.15, -0.1) is 35.3 Å². The van der Waals surface area contributed by atoms with E-state index in [2.05, 4.69) is 15.6 Å². The van der Waals surface area contributed by atoms with Gasteiger partial charge in [0.1, 0.15) is 5.60 Å². The van der Waals surface area contributed by atoms with Crippen LogP contribution < -0.4 is 10.6 Å². The van der Waals surface area contributed by atoms with Gasteiger partial charge >= 0.3 is 0 Å². The summed E-state index contributed by atoms with van der Waals surface area (Å²) in [6.45, 7) is 10.7. The van der Waals surface area contributed by atoms with Gasteiger partial charge in [0.2, 0.25) is 0 Å². The smallest absolute Gasteiger partial charge is 0.253 e. The highest BCUT2D eigenvalue weighted by atomic mass is 127. The minimum atomic E-state index is -0.962. The number of thiophene rings is 1. The van der Waals surface area contributed by atoms with Gasteiger partial charge in [-0.3, -0.25) is 4.79 Å². The fraction of sp³-hybridized carbons (Fsp3) is 0.455. The lowest BCUT2D eigenvalue weighted by atomic mass is 10.1. The van der Waals surface area contributed by atoms with Gasteiger partial charge in [0, 0.05) is 30.1 Å². The molecule has 0 aliphatic heterocycles. The average Bonchev–Trinajstić information content (AvgIpc) is 3.27. The number of benzene rings is 1. The summed E-state index contributed by atoms with van der Waals surface area (Å²) in [6.07, 6.45) is 0. The number of hydrogen-bond donors (Lipinski definition) is 3. The number of nitrogens with one attached hydrogen (secondary N) is 2. The maximum absolute atomic E-state index is 12.4. The predicted molar refractivity (Wildman–Crippen MR) is 136 cm³/mol. The number of carbonyl (C=O) groups excluding carboxylic acids is 1. The average molecular weight is 545 g/mol. The monoisotopic (exact) mass is 544 g/mol. The maximum Gasteiger partial charge on any atom is 0.253 e. The van der Waals surface area contributed by atoms with Crippen LogP contribution in [0.4, 0.5) is 0 Å². The second-order valence-corrected chi connectivity index (χ2v) is 7.92. The van der Waals surface area contributed by atoms with Crippen molar-refractivity contribution >= 4 is 47.2 Å². The van der Waals surface area contributed by atoms with Gasteiger partial charge in [-0.2, -0.15) is 0 Å². The highest BCUT2D eigenvalue weighted by Crippen LogP contribution is 2.24. The minimum Gasteiger partial charge on any atom is -0.383 e. The molecule has 0 spiro atoms. The van der Waals surface area contributed by atoms with Crippen molar-refractivity contribution < 1.29 is 9.90 Å². The summed E-state index contributed by atoms with van der Waals surface area (Å²) in [4.78, 5) is 19.7. The topological polar surface area (TPSA) is 77.0 Å². The maximum atomic E-state index is 12.4. The zero-order chi connectivity index (χ0) is 21.3. The van der Waals surface area contributed by atoms with Crippen LogP contribution in [0.3, 0.4) is 0 Å². The van der Waals surface area contributed by atoms with E-state index in [1.807, 2.05) is 62.5 Å². The molecule has 1 amide bonds. The summed E-state index contributed by atoms with van der Waals surface area (Å²) in [5.41, 5.74) is 0.748. The third-order valence-corrected chi connectivity index (χ3v) is 5.79. The molecule has 0 radical (unpaired) electrons. The number of halogens is 1. The van der Waals surface area contributed by atoms with E-state index in [9.17, 15) is 9.90 Å². The number of aliphatic hydroxyl groups is 1. The van der Waals surface area contributed by atoms with Crippen molar-refractivity contribution in [2.24, 2.45) is 4.99 Å². The fourth-order valence-electron chi connectivity index (χ4n) is 2.89. The van der Waals surface area contributed by atoms with Gasteiger partial charge in [0.05, 0.1) is 13.1 Å². The van der Waals surface area contributed by atoms with Gasteiger partial charge in [0.25, 0.3) is 5.91 Å². The molecule has 1 heterocycles. The third-order valence-electron chi connectivity index (χ3n) is 4.67. The Morgan fingerprint density at radius 2 is 1.80 bits per heavy atom. The number of nitrogens with zero attached hydrogens (tertiary/aromatic N) is 2. The van der Waals surface area contributed by atoms with E-state index in [-0.39, 0.29) is 29.9 Å². The molecule has 2 aromatic rings. The van der Waals surface area contributed by atoms with Crippen LogP contribution in [0, 0.1) is 0 Å². The van der Waals surface area contributed by atoms with Crippen LogP contribution in [0.1, 0.15) is 48.5 Å². The van der Waals surface area contributed by atoms with Gasteiger partial charge in [-0.05, 0) is 56.8 Å². The van der Waals surface area contributed by atoms with Gasteiger partial charge in [0.15, 0.2) is 5.96 Å². The number of amides is 1. The Morgan fingerprint density at radius 1 is 1.13 bits per heavy atom. The van der Waals surface area contributed by atoms with E-state index in [1.54, 1.807) is 11.8 Å². The molecule has 0 aliphatic carbocycles. The van der Waals surface area contributed by atoms with Crippen molar-refractivity contribution in [1.29, 1.82) is 0 Å². The standard InChI is InChI=1S/C22H32N4O2S.HI/c1-5-23-21(25-16-22(4,28)19-9-8-14-29-19)24-15-17-10-12-18(13-11-17)20(27)26(6-2)7-3;/h8-14,28H,5-7,15-16H2,1-4H3,(H2,23,24,25);1H. The largest absolute Gasteiger partial charge is 0.383 e. The Kier molecular flexibility index (Phi) is 11.4. The van der Waals surface area contributed by atoms with Gasteiger partial charge < -0.3 is 20.6 Å². The molecule has 1 aromatic heterocycles. The van der Waals surface area contributed by atoms with Gasteiger partial charge in [-0.25, -0.2) is 4.99 Å². The summed E-state index contributed by atoms with van der Waals surface area (Å²) in [6, 6.07) is 11.4. The van der Waals surface area contributed by atoms with E-state index in [0.29, 0.717) is 37.7 Å². The molecule has 1 aromatic carbocycles. The van der Waals surface area contributed by atoms with Crippen molar-refractivity contribution in [3.63, 3.8) is 0 Å². The SMILES string of the molecule is CCNC(=NCc1ccc(C(=O)N(CC)CC)cc1)NCC(C)(O)c1cccs1.I. The number of hydrogen-bond acceptors (Lipinski definition) is 4. The summed E-state index contributed by atoms with van der Waals surface area (Å²) in [5.74, 6) is 0.698. The zero-order valence-corrected chi connectivity index (χ0v) is 21.3. The Bertz CT molecular complexity index is 788. The Balaban J connectivity index is 0.00000450. The van der Waals surface area contributed by atoms with Crippen LogP contribution in [0.25, 0.3) is 0 Å². The first-order valence-electron chi connectivity index (χ1n) is 10.1. The molecule has 6 nitrogen and oxygen atoms in total. The Morgan fingerprint density at radius 3 is 2.33 bits per heavy atom. The molecule has 0 bridgehead atoms. The molecule has 0 saturated heterocycles. The molecular formula is C22H33IN4O2S. The van der Waals surface area contributed by atoms with Crippen molar-refractivity contribution in [2.45, 2.75) is 39.8 Å². The predicted octanol–water partition coefficient (Wildman–Crippen LogP) is 3.81. The summed E-state index contributed by atoms with van der Waals surface area (Å²) in [5, 5.41) is 19.0. The fourth-order valence-corrected chi connectivity index (χ4v) is 3.67. The second kappa shape index (κ2) is 12.9. The van der Waals surface area contributed by atoms with Gasteiger partial charge in [-0.1, -0.05) is 18.2 Å². The third kappa shape index (κ3) is 7.55. The lowest BCUT2D eigenvalue weighted by Gasteiger charge is -2.23. The van der Waals surface area contributed by atoms with Crippen molar-refractivity contribution in [3.05, 3.63) is 57.8 Å². The van der Waals surface area contributed by atoms with Crippen molar-refractivity contribution in [2.75, 3.05) is 26.2 Å². The van der Waals surface area contributed by atoms with E-state index < -0.39 is 5.60 Å². The molecule has 0 saturated carbocycles.